The maximum atomic E-state index is 12.3. The standard InChI is InChI=1S/C23H26ClN3O5S/c1-23(2,22(28)27-33(4,29)30)32-14-20-18(13-15-8-5-6-11-19(15)24)21(26-25-20)16-9-7-10-17(12-16)31-3/h5-12H,13-14H2,1-4H3,(H,25,26)(H,27,28). The van der Waals surface area contributed by atoms with E-state index in [0.29, 0.717) is 22.9 Å². The minimum Gasteiger partial charge on any atom is -0.497 e. The molecule has 0 unspecified atom stereocenters. The predicted octanol–water partition coefficient (Wildman–Crippen LogP) is 3.70. The van der Waals surface area contributed by atoms with Crippen LogP contribution in [0.1, 0.15) is 30.7 Å². The zero-order chi connectivity index (χ0) is 24.2. The van der Waals surface area contributed by atoms with Gasteiger partial charge >= 0.3 is 0 Å². The molecule has 176 valence electrons. The van der Waals surface area contributed by atoms with E-state index in [2.05, 4.69) is 10.2 Å². The molecule has 0 saturated carbocycles. The van der Waals surface area contributed by atoms with Crippen molar-refractivity contribution in [1.82, 2.24) is 14.9 Å². The van der Waals surface area contributed by atoms with Gasteiger partial charge in [-0.2, -0.15) is 5.10 Å². The van der Waals surface area contributed by atoms with Gasteiger partial charge < -0.3 is 9.47 Å². The largest absolute Gasteiger partial charge is 0.497 e. The minimum atomic E-state index is -3.71. The summed E-state index contributed by atoms with van der Waals surface area (Å²) in [5.74, 6) is -0.0663. The molecule has 1 aromatic heterocycles. The van der Waals surface area contributed by atoms with Gasteiger partial charge in [0.2, 0.25) is 10.0 Å². The number of H-pyrrole nitrogens is 1. The Hall–Kier alpha value is -2.88. The maximum Gasteiger partial charge on any atom is 0.265 e. The van der Waals surface area contributed by atoms with Crippen molar-refractivity contribution in [3.63, 3.8) is 0 Å². The first-order valence-electron chi connectivity index (χ1n) is 10.1. The first kappa shape index (κ1) is 24.8. The van der Waals surface area contributed by atoms with Crippen LogP contribution in [0.5, 0.6) is 5.75 Å². The van der Waals surface area contributed by atoms with Crippen molar-refractivity contribution in [1.29, 1.82) is 0 Å². The van der Waals surface area contributed by atoms with Crippen LogP contribution in [0, 0.1) is 0 Å². The number of halogens is 1. The summed E-state index contributed by atoms with van der Waals surface area (Å²) >= 11 is 6.40. The number of carbonyl (C=O) groups is 1. The number of rotatable bonds is 9. The molecule has 1 amide bonds. The highest BCUT2D eigenvalue weighted by molar-refractivity contribution is 7.89. The number of carbonyl (C=O) groups excluding carboxylic acids is 1. The summed E-state index contributed by atoms with van der Waals surface area (Å²) in [5.41, 5.74) is 2.55. The lowest BCUT2D eigenvalue weighted by Gasteiger charge is -2.23. The van der Waals surface area contributed by atoms with Crippen molar-refractivity contribution < 1.29 is 22.7 Å². The number of methoxy groups -OCH3 is 1. The Kier molecular flexibility index (Phi) is 7.46. The third-order valence-corrected chi connectivity index (χ3v) is 5.96. The van der Waals surface area contributed by atoms with Gasteiger partial charge in [0, 0.05) is 22.6 Å². The first-order chi connectivity index (χ1) is 15.5. The normalized spacial score (nSPS) is 11.9. The van der Waals surface area contributed by atoms with E-state index in [1.54, 1.807) is 7.11 Å². The van der Waals surface area contributed by atoms with Crippen LogP contribution < -0.4 is 9.46 Å². The van der Waals surface area contributed by atoms with E-state index >= 15 is 0 Å². The monoisotopic (exact) mass is 491 g/mol. The molecule has 33 heavy (non-hydrogen) atoms. The first-order valence-corrected chi connectivity index (χ1v) is 12.4. The minimum absolute atomic E-state index is 0.0234. The van der Waals surface area contributed by atoms with E-state index in [1.165, 1.54) is 13.8 Å². The van der Waals surface area contributed by atoms with Crippen LogP contribution in [0.25, 0.3) is 11.3 Å². The molecule has 1 heterocycles. The molecular weight excluding hydrogens is 466 g/mol. The van der Waals surface area contributed by atoms with Gasteiger partial charge in [-0.05, 0) is 37.6 Å². The molecule has 0 fully saturated rings. The third kappa shape index (κ3) is 6.34. The Bertz CT molecular complexity index is 1250. The van der Waals surface area contributed by atoms with E-state index in [4.69, 9.17) is 21.1 Å². The van der Waals surface area contributed by atoms with E-state index in [-0.39, 0.29) is 6.61 Å². The molecule has 0 saturated heterocycles. The van der Waals surface area contributed by atoms with E-state index in [1.807, 2.05) is 53.3 Å². The summed E-state index contributed by atoms with van der Waals surface area (Å²) in [4.78, 5) is 12.3. The van der Waals surface area contributed by atoms with Gasteiger partial charge in [0.1, 0.15) is 11.4 Å². The number of nitrogens with one attached hydrogen (secondary N) is 2. The Morgan fingerprint density at radius 1 is 1.18 bits per heavy atom. The number of amides is 1. The van der Waals surface area contributed by atoms with Crippen LogP contribution in [0.4, 0.5) is 0 Å². The van der Waals surface area contributed by atoms with Crippen LogP contribution in [0.3, 0.4) is 0 Å². The maximum absolute atomic E-state index is 12.3. The van der Waals surface area contributed by atoms with Gasteiger partial charge in [0.15, 0.2) is 0 Å². The zero-order valence-electron chi connectivity index (χ0n) is 18.8. The molecule has 3 rings (SSSR count). The van der Waals surface area contributed by atoms with Gasteiger partial charge in [-0.1, -0.05) is 41.9 Å². The summed E-state index contributed by atoms with van der Waals surface area (Å²) in [6.07, 6.45) is 1.38. The number of ether oxygens (including phenoxy) is 2. The van der Waals surface area contributed by atoms with Crippen molar-refractivity contribution in [2.75, 3.05) is 13.4 Å². The molecule has 0 spiro atoms. The number of benzene rings is 2. The predicted molar refractivity (Wildman–Crippen MR) is 127 cm³/mol. The molecule has 0 atom stereocenters. The molecule has 8 nitrogen and oxygen atoms in total. The average Bonchev–Trinajstić information content (AvgIpc) is 3.15. The molecule has 0 aliphatic carbocycles. The Labute approximate surface area is 198 Å². The number of sulfonamides is 1. The molecule has 2 N–H and O–H groups in total. The van der Waals surface area contributed by atoms with E-state index in [9.17, 15) is 13.2 Å². The van der Waals surface area contributed by atoms with E-state index in [0.717, 1.165) is 28.6 Å². The molecule has 2 aromatic carbocycles. The number of hydrogen-bond acceptors (Lipinski definition) is 6. The highest BCUT2D eigenvalue weighted by atomic mass is 35.5. The topological polar surface area (TPSA) is 110 Å². The Morgan fingerprint density at radius 3 is 2.58 bits per heavy atom. The van der Waals surface area contributed by atoms with Crippen molar-refractivity contribution in [3.8, 4) is 17.0 Å². The van der Waals surface area contributed by atoms with Gasteiger partial charge in [-0.15, -0.1) is 0 Å². The lowest BCUT2D eigenvalue weighted by atomic mass is 9.99. The molecule has 0 radical (unpaired) electrons. The second kappa shape index (κ2) is 9.94. The van der Waals surface area contributed by atoms with Crippen LogP contribution in [-0.4, -0.2) is 43.5 Å². The Balaban J connectivity index is 1.95. The number of aromatic amines is 1. The van der Waals surface area contributed by atoms with Crippen molar-refractivity contribution in [2.24, 2.45) is 0 Å². The number of nitrogens with zero attached hydrogens (tertiary/aromatic N) is 1. The summed E-state index contributed by atoms with van der Waals surface area (Å²) in [5, 5.41) is 8.11. The second-order valence-electron chi connectivity index (χ2n) is 8.03. The third-order valence-electron chi connectivity index (χ3n) is 5.03. The van der Waals surface area contributed by atoms with Crippen LogP contribution >= 0.6 is 11.6 Å². The summed E-state index contributed by atoms with van der Waals surface area (Å²) in [6, 6.07) is 15.1. The lowest BCUT2D eigenvalue weighted by Crippen LogP contribution is -2.46. The quantitative estimate of drug-likeness (QED) is 0.472. The van der Waals surface area contributed by atoms with Gasteiger partial charge in [-0.3, -0.25) is 14.6 Å². The van der Waals surface area contributed by atoms with Crippen LogP contribution in [-0.2, 0) is 32.6 Å². The molecule has 0 aliphatic heterocycles. The molecule has 0 bridgehead atoms. The van der Waals surface area contributed by atoms with Gasteiger partial charge in [-0.25, -0.2) is 8.42 Å². The summed E-state index contributed by atoms with van der Waals surface area (Å²) in [7, 11) is -2.11. The number of aromatic nitrogens is 2. The highest BCUT2D eigenvalue weighted by Gasteiger charge is 2.31. The fourth-order valence-electron chi connectivity index (χ4n) is 3.17. The SMILES string of the molecule is COc1cccc(-c2[nH]nc(COC(C)(C)C(=O)NS(C)(=O)=O)c2Cc2ccccc2Cl)c1. The summed E-state index contributed by atoms with van der Waals surface area (Å²) < 4.78 is 36.0. The molecule has 10 heteroatoms. The fraction of sp³-hybridized carbons (Fsp3) is 0.304. The molecule has 0 aliphatic rings. The number of hydrogen-bond donors (Lipinski definition) is 2. The molecular formula is C23H26ClN3O5S. The van der Waals surface area contributed by atoms with E-state index < -0.39 is 21.5 Å². The average molecular weight is 492 g/mol. The van der Waals surface area contributed by atoms with Gasteiger partial charge in [0.25, 0.3) is 5.91 Å². The van der Waals surface area contributed by atoms with Crippen molar-refractivity contribution in [2.45, 2.75) is 32.5 Å². The highest BCUT2D eigenvalue weighted by Crippen LogP contribution is 2.31. The zero-order valence-corrected chi connectivity index (χ0v) is 20.4. The van der Waals surface area contributed by atoms with Crippen LogP contribution in [0.2, 0.25) is 5.02 Å². The smallest absolute Gasteiger partial charge is 0.265 e. The van der Waals surface area contributed by atoms with Crippen molar-refractivity contribution in [3.05, 3.63) is 70.4 Å². The summed E-state index contributed by atoms with van der Waals surface area (Å²) in [6.45, 7) is 2.97. The van der Waals surface area contributed by atoms with Crippen molar-refractivity contribution >= 4 is 27.5 Å². The fourth-order valence-corrected chi connectivity index (χ4v) is 3.95. The van der Waals surface area contributed by atoms with Crippen LogP contribution in [0.15, 0.2) is 48.5 Å². The lowest BCUT2D eigenvalue weighted by molar-refractivity contribution is -0.142. The second-order valence-corrected chi connectivity index (χ2v) is 10.2. The van der Waals surface area contributed by atoms with Gasteiger partial charge in [0.05, 0.1) is 31.4 Å². The molecule has 3 aromatic rings. The Morgan fingerprint density at radius 2 is 1.91 bits per heavy atom.